The van der Waals surface area contributed by atoms with E-state index >= 15 is 0 Å². The molecule has 1 aromatic carbocycles. The Bertz CT molecular complexity index is 471. The highest BCUT2D eigenvalue weighted by Crippen LogP contribution is 2.23. The van der Waals surface area contributed by atoms with Crippen molar-refractivity contribution in [2.24, 2.45) is 5.92 Å². The number of nitrogens with one attached hydrogen (secondary N) is 1. The molecule has 0 saturated carbocycles. The Hall–Kier alpha value is -1.59. The van der Waals surface area contributed by atoms with Crippen LogP contribution in [0.3, 0.4) is 0 Å². The molecule has 2 nitrogen and oxygen atoms in total. The predicted molar refractivity (Wildman–Crippen MR) is 62.8 cm³/mol. The molecule has 0 heterocycles. The Labute approximate surface area is 108 Å². The SMILES string of the molecule is Cc1c(F)c(F)c(F)c(F)c1C(=O)NCCC(C)C. The van der Waals surface area contributed by atoms with Gasteiger partial charge in [0.05, 0.1) is 5.56 Å². The molecule has 0 spiro atoms. The van der Waals surface area contributed by atoms with Gasteiger partial charge in [-0.05, 0) is 19.3 Å². The lowest BCUT2D eigenvalue weighted by Gasteiger charge is -2.11. The molecule has 0 radical (unpaired) electrons. The normalized spacial score (nSPS) is 10.9. The van der Waals surface area contributed by atoms with E-state index in [1.807, 2.05) is 13.8 Å². The molecule has 0 saturated heterocycles. The van der Waals surface area contributed by atoms with Crippen molar-refractivity contribution < 1.29 is 22.4 Å². The number of carbonyl (C=O) groups excluding carboxylic acids is 1. The van der Waals surface area contributed by atoms with E-state index in [4.69, 9.17) is 0 Å². The summed E-state index contributed by atoms with van der Waals surface area (Å²) in [5.41, 5.74) is -1.33. The number of hydrogen-bond donors (Lipinski definition) is 1. The van der Waals surface area contributed by atoms with E-state index in [0.29, 0.717) is 12.3 Å². The molecule has 1 N–H and O–H groups in total. The first kappa shape index (κ1) is 15.5. The molecule has 1 rings (SSSR count). The third kappa shape index (κ3) is 3.24. The number of hydrogen-bond acceptors (Lipinski definition) is 1. The van der Waals surface area contributed by atoms with Gasteiger partial charge in [0, 0.05) is 12.1 Å². The van der Waals surface area contributed by atoms with Crippen LogP contribution in [0.1, 0.15) is 36.2 Å². The van der Waals surface area contributed by atoms with Crippen molar-refractivity contribution in [1.29, 1.82) is 0 Å². The van der Waals surface area contributed by atoms with E-state index in [2.05, 4.69) is 5.32 Å². The van der Waals surface area contributed by atoms with E-state index in [1.54, 1.807) is 0 Å². The first-order chi connectivity index (χ1) is 8.77. The molecular weight excluding hydrogens is 262 g/mol. The molecule has 0 atom stereocenters. The first-order valence-electron chi connectivity index (χ1n) is 5.88. The highest BCUT2D eigenvalue weighted by Gasteiger charge is 2.26. The molecule has 0 aromatic heterocycles. The fraction of sp³-hybridized carbons (Fsp3) is 0.462. The third-order valence-corrected chi connectivity index (χ3v) is 2.74. The van der Waals surface area contributed by atoms with Crippen LogP contribution in [0.2, 0.25) is 0 Å². The van der Waals surface area contributed by atoms with Crippen LogP contribution < -0.4 is 5.32 Å². The minimum atomic E-state index is -1.97. The quantitative estimate of drug-likeness (QED) is 0.510. The lowest BCUT2D eigenvalue weighted by atomic mass is 10.1. The van der Waals surface area contributed by atoms with Gasteiger partial charge in [0.25, 0.3) is 5.91 Å². The van der Waals surface area contributed by atoms with Gasteiger partial charge in [-0.2, -0.15) is 0 Å². The maximum Gasteiger partial charge on any atom is 0.254 e. The fourth-order valence-electron chi connectivity index (χ4n) is 1.57. The first-order valence-corrected chi connectivity index (χ1v) is 5.88. The second-order valence-electron chi connectivity index (χ2n) is 4.69. The summed E-state index contributed by atoms with van der Waals surface area (Å²) in [6.45, 7) is 5.12. The standard InChI is InChI=1S/C13H15F4NO/c1-6(2)4-5-18-13(19)8-7(3)9(14)11(16)12(17)10(8)15/h6H,4-5H2,1-3H3,(H,18,19). The van der Waals surface area contributed by atoms with Crippen molar-refractivity contribution in [3.05, 3.63) is 34.4 Å². The zero-order valence-corrected chi connectivity index (χ0v) is 10.9. The summed E-state index contributed by atoms with van der Waals surface area (Å²) in [4.78, 5) is 11.7. The van der Waals surface area contributed by atoms with E-state index < -0.39 is 40.3 Å². The topological polar surface area (TPSA) is 29.1 Å². The monoisotopic (exact) mass is 277 g/mol. The lowest BCUT2D eigenvalue weighted by Crippen LogP contribution is -2.28. The molecule has 1 amide bonds. The maximum absolute atomic E-state index is 13.5. The highest BCUT2D eigenvalue weighted by molar-refractivity contribution is 5.96. The number of benzene rings is 1. The Morgan fingerprint density at radius 2 is 1.58 bits per heavy atom. The van der Waals surface area contributed by atoms with Gasteiger partial charge >= 0.3 is 0 Å². The zero-order valence-electron chi connectivity index (χ0n) is 10.9. The van der Waals surface area contributed by atoms with Gasteiger partial charge in [0.15, 0.2) is 23.3 Å². The Morgan fingerprint density at radius 1 is 1.05 bits per heavy atom. The van der Waals surface area contributed by atoms with Crippen LogP contribution >= 0.6 is 0 Å². The van der Waals surface area contributed by atoms with Gasteiger partial charge in [-0.3, -0.25) is 4.79 Å². The van der Waals surface area contributed by atoms with Crippen LogP contribution in [0.25, 0.3) is 0 Å². The van der Waals surface area contributed by atoms with Gasteiger partial charge < -0.3 is 5.32 Å². The van der Waals surface area contributed by atoms with Crippen LogP contribution in [0.4, 0.5) is 17.6 Å². The Kier molecular flexibility index (Phi) is 4.91. The average Bonchev–Trinajstić information content (AvgIpc) is 2.34. The second kappa shape index (κ2) is 6.04. The summed E-state index contributed by atoms with van der Waals surface area (Å²) in [6, 6.07) is 0. The number of amides is 1. The summed E-state index contributed by atoms with van der Waals surface area (Å²) in [5, 5.41) is 2.35. The minimum Gasteiger partial charge on any atom is -0.352 e. The molecule has 0 fully saturated rings. The Morgan fingerprint density at radius 3 is 2.11 bits per heavy atom. The summed E-state index contributed by atoms with van der Waals surface area (Å²) >= 11 is 0. The van der Waals surface area contributed by atoms with Crippen LogP contribution in [0.5, 0.6) is 0 Å². The van der Waals surface area contributed by atoms with Gasteiger partial charge in [0.2, 0.25) is 0 Å². The molecule has 0 aliphatic rings. The number of halogens is 4. The molecule has 19 heavy (non-hydrogen) atoms. The van der Waals surface area contributed by atoms with E-state index in [0.717, 1.165) is 6.92 Å². The zero-order chi connectivity index (χ0) is 14.7. The van der Waals surface area contributed by atoms with Crippen molar-refractivity contribution in [3.63, 3.8) is 0 Å². The van der Waals surface area contributed by atoms with Crippen molar-refractivity contribution in [2.75, 3.05) is 6.54 Å². The van der Waals surface area contributed by atoms with E-state index in [1.165, 1.54) is 0 Å². The van der Waals surface area contributed by atoms with Gasteiger partial charge in [-0.1, -0.05) is 13.8 Å². The van der Waals surface area contributed by atoms with Gasteiger partial charge in [-0.25, -0.2) is 17.6 Å². The van der Waals surface area contributed by atoms with Gasteiger partial charge in [0.1, 0.15) is 0 Å². The van der Waals surface area contributed by atoms with Crippen LogP contribution in [0, 0.1) is 36.1 Å². The third-order valence-electron chi connectivity index (χ3n) is 2.74. The Balaban J connectivity index is 3.04. The summed E-state index contributed by atoms with van der Waals surface area (Å²) < 4.78 is 52.8. The summed E-state index contributed by atoms with van der Waals surface area (Å²) in [6.07, 6.45) is 0.637. The molecule has 6 heteroatoms. The summed E-state index contributed by atoms with van der Waals surface area (Å²) in [7, 11) is 0. The minimum absolute atomic E-state index is 0.246. The molecule has 0 bridgehead atoms. The van der Waals surface area contributed by atoms with Crippen LogP contribution in [-0.2, 0) is 0 Å². The van der Waals surface area contributed by atoms with Crippen molar-refractivity contribution >= 4 is 5.91 Å². The molecular formula is C13H15F4NO. The van der Waals surface area contributed by atoms with E-state index in [-0.39, 0.29) is 6.54 Å². The number of carbonyl (C=O) groups is 1. The van der Waals surface area contributed by atoms with Crippen molar-refractivity contribution in [2.45, 2.75) is 27.2 Å². The van der Waals surface area contributed by atoms with E-state index in [9.17, 15) is 22.4 Å². The molecule has 0 aliphatic heterocycles. The van der Waals surface area contributed by atoms with Crippen LogP contribution in [0.15, 0.2) is 0 Å². The highest BCUT2D eigenvalue weighted by atomic mass is 19.2. The lowest BCUT2D eigenvalue weighted by molar-refractivity contribution is 0.0945. The molecule has 0 unspecified atom stereocenters. The molecule has 1 aromatic rings. The summed E-state index contributed by atoms with van der Waals surface area (Å²) in [5.74, 6) is -7.74. The largest absolute Gasteiger partial charge is 0.352 e. The fourth-order valence-corrected chi connectivity index (χ4v) is 1.57. The average molecular weight is 277 g/mol. The smallest absolute Gasteiger partial charge is 0.254 e. The van der Waals surface area contributed by atoms with Crippen LogP contribution in [-0.4, -0.2) is 12.5 Å². The maximum atomic E-state index is 13.5. The van der Waals surface area contributed by atoms with Crippen molar-refractivity contribution in [1.82, 2.24) is 5.32 Å². The van der Waals surface area contributed by atoms with Crippen molar-refractivity contribution in [3.8, 4) is 0 Å². The van der Waals surface area contributed by atoms with Gasteiger partial charge in [-0.15, -0.1) is 0 Å². The number of rotatable bonds is 4. The second-order valence-corrected chi connectivity index (χ2v) is 4.69. The molecule has 0 aliphatic carbocycles. The predicted octanol–water partition coefficient (Wildman–Crippen LogP) is 3.33. The molecule has 106 valence electrons.